The van der Waals surface area contributed by atoms with Crippen LogP contribution in [0.3, 0.4) is 0 Å². The number of nitrogens with one attached hydrogen (secondary N) is 1. The van der Waals surface area contributed by atoms with Gasteiger partial charge in [0.2, 0.25) is 5.91 Å². The number of hydrogen-bond donors (Lipinski definition) is 1. The normalized spacial score (nSPS) is 14.8. The van der Waals surface area contributed by atoms with Crippen LogP contribution in [0.25, 0.3) is 16.7 Å². The van der Waals surface area contributed by atoms with E-state index < -0.39 is 0 Å². The molecule has 4 aromatic rings. The van der Waals surface area contributed by atoms with Crippen molar-refractivity contribution < 1.29 is 4.79 Å². The Kier molecular flexibility index (Phi) is 5.62. The van der Waals surface area contributed by atoms with Crippen molar-refractivity contribution >= 4 is 16.9 Å². The minimum atomic E-state index is -0.0673. The number of likely N-dealkylation sites (tertiary alicyclic amines) is 1. The van der Waals surface area contributed by atoms with Gasteiger partial charge in [-0.05, 0) is 62.9 Å². The van der Waals surface area contributed by atoms with E-state index >= 15 is 0 Å². The smallest absolute Gasteiger partial charge is 0.326 e. The van der Waals surface area contributed by atoms with Crippen LogP contribution < -0.4 is 5.69 Å². The van der Waals surface area contributed by atoms with E-state index in [-0.39, 0.29) is 17.6 Å². The summed E-state index contributed by atoms with van der Waals surface area (Å²) in [6.45, 7) is 5.43. The zero-order chi connectivity index (χ0) is 22.9. The average molecular weight is 444 g/mol. The fraction of sp³-hybridized carbons (Fsp3) is 0.346. The second-order valence-electron chi connectivity index (χ2n) is 8.83. The molecule has 7 heteroatoms. The molecule has 1 amide bonds. The summed E-state index contributed by atoms with van der Waals surface area (Å²) in [6.07, 6.45) is 2.74. The molecular formula is C26H29N5O2. The summed E-state index contributed by atoms with van der Waals surface area (Å²) < 4.78 is 3.82. The van der Waals surface area contributed by atoms with E-state index in [0.29, 0.717) is 25.9 Å². The van der Waals surface area contributed by atoms with Gasteiger partial charge in [0.1, 0.15) is 0 Å². The summed E-state index contributed by atoms with van der Waals surface area (Å²) in [5.41, 5.74) is 5.97. The van der Waals surface area contributed by atoms with E-state index in [2.05, 4.69) is 11.9 Å². The predicted octanol–water partition coefficient (Wildman–Crippen LogP) is 3.93. The molecule has 0 spiro atoms. The molecule has 1 saturated heterocycles. The molecule has 1 N–H and O–H groups in total. The quantitative estimate of drug-likeness (QED) is 0.508. The summed E-state index contributed by atoms with van der Waals surface area (Å²) in [5, 5.41) is 4.70. The Morgan fingerprint density at radius 3 is 2.48 bits per heavy atom. The lowest BCUT2D eigenvalue weighted by atomic mass is 10.0. The van der Waals surface area contributed by atoms with Gasteiger partial charge >= 0.3 is 5.69 Å². The molecule has 0 bridgehead atoms. The van der Waals surface area contributed by atoms with Crippen molar-refractivity contribution in [3.63, 3.8) is 0 Å². The number of imidazole rings is 1. The molecule has 1 aliphatic heterocycles. The van der Waals surface area contributed by atoms with Gasteiger partial charge in [0.25, 0.3) is 0 Å². The second kappa shape index (κ2) is 8.73. The first-order valence-corrected chi connectivity index (χ1v) is 11.6. The number of rotatable bonds is 5. The predicted molar refractivity (Wildman–Crippen MR) is 129 cm³/mol. The maximum atomic E-state index is 13.0. The first-order valence-electron chi connectivity index (χ1n) is 11.6. The first kappa shape index (κ1) is 21.2. The van der Waals surface area contributed by atoms with Crippen LogP contribution >= 0.6 is 0 Å². The molecule has 0 saturated carbocycles. The second-order valence-corrected chi connectivity index (χ2v) is 8.83. The van der Waals surface area contributed by atoms with Crippen LogP contribution in [-0.2, 0) is 11.2 Å². The van der Waals surface area contributed by atoms with E-state index in [4.69, 9.17) is 5.10 Å². The molecule has 7 nitrogen and oxygen atoms in total. The standard InChI is InChI=1S/C26H29N5O2/c1-18-22(19(2)31(28-18)21-8-4-3-5-9-21)12-13-25(32)29-16-14-20(15-17-29)30-24-11-7-6-10-23(24)27-26(30)33/h3-11,20H,12-17H2,1-2H3,(H,27,33). The Labute approximate surface area is 192 Å². The van der Waals surface area contributed by atoms with Crippen molar-refractivity contribution in [3.8, 4) is 5.69 Å². The van der Waals surface area contributed by atoms with E-state index in [1.165, 1.54) is 0 Å². The average Bonchev–Trinajstić information content (AvgIpc) is 3.33. The summed E-state index contributed by atoms with van der Waals surface area (Å²) in [6, 6.07) is 18.0. The number of piperidine rings is 1. The Morgan fingerprint density at radius 2 is 1.73 bits per heavy atom. The lowest BCUT2D eigenvalue weighted by Gasteiger charge is -2.32. The Balaban J connectivity index is 1.22. The van der Waals surface area contributed by atoms with Crippen LogP contribution in [-0.4, -0.2) is 43.2 Å². The van der Waals surface area contributed by atoms with Crippen LogP contribution in [0.15, 0.2) is 59.4 Å². The number of aromatic nitrogens is 4. The van der Waals surface area contributed by atoms with Crippen LogP contribution in [0.2, 0.25) is 0 Å². The highest BCUT2D eigenvalue weighted by Crippen LogP contribution is 2.26. The first-order chi connectivity index (χ1) is 16.0. The number of aromatic amines is 1. The molecular weight excluding hydrogens is 414 g/mol. The number of amides is 1. The Hall–Kier alpha value is -3.61. The lowest BCUT2D eigenvalue weighted by molar-refractivity contribution is -0.132. The monoisotopic (exact) mass is 443 g/mol. The zero-order valence-electron chi connectivity index (χ0n) is 19.1. The van der Waals surface area contributed by atoms with Gasteiger partial charge in [-0.1, -0.05) is 30.3 Å². The van der Waals surface area contributed by atoms with Gasteiger partial charge in [0.05, 0.1) is 22.4 Å². The third-order valence-corrected chi connectivity index (χ3v) is 6.84. The van der Waals surface area contributed by atoms with Gasteiger partial charge in [-0.25, -0.2) is 9.48 Å². The molecule has 170 valence electrons. The number of para-hydroxylation sites is 3. The van der Waals surface area contributed by atoms with Crippen LogP contribution in [0.5, 0.6) is 0 Å². The third kappa shape index (κ3) is 3.99. The SMILES string of the molecule is Cc1nn(-c2ccccc2)c(C)c1CCC(=O)N1CCC(n2c(=O)[nH]c3ccccc32)CC1. The van der Waals surface area contributed by atoms with E-state index in [0.717, 1.165) is 46.5 Å². The molecule has 1 fully saturated rings. The number of benzene rings is 2. The zero-order valence-corrected chi connectivity index (χ0v) is 19.1. The number of carbonyl (C=O) groups excluding carboxylic acids is 1. The molecule has 0 atom stereocenters. The van der Waals surface area contributed by atoms with Gasteiger partial charge in [-0.3, -0.25) is 9.36 Å². The van der Waals surface area contributed by atoms with Crippen LogP contribution in [0, 0.1) is 13.8 Å². The van der Waals surface area contributed by atoms with E-state index in [1.807, 2.05) is 75.7 Å². The minimum absolute atomic E-state index is 0.0673. The van der Waals surface area contributed by atoms with Gasteiger partial charge in [0, 0.05) is 31.2 Å². The highest BCUT2D eigenvalue weighted by Gasteiger charge is 2.26. The number of carbonyl (C=O) groups is 1. The lowest BCUT2D eigenvalue weighted by Crippen LogP contribution is -2.40. The summed E-state index contributed by atoms with van der Waals surface area (Å²) in [7, 11) is 0. The van der Waals surface area contributed by atoms with Gasteiger partial charge < -0.3 is 9.88 Å². The number of nitrogens with zero attached hydrogens (tertiary/aromatic N) is 4. The Bertz CT molecular complexity index is 1340. The van der Waals surface area contributed by atoms with Crippen molar-refractivity contribution in [2.45, 2.75) is 45.6 Å². The van der Waals surface area contributed by atoms with Crippen LogP contribution in [0.1, 0.15) is 42.3 Å². The molecule has 0 aliphatic carbocycles. The molecule has 2 aromatic heterocycles. The minimum Gasteiger partial charge on any atom is -0.343 e. The van der Waals surface area contributed by atoms with Crippen molar-refractivity contribution in [2.24, 2.45) is 0 Å². The van der Waals surface area contributed by atoms with Crippen molar-refractivity contribution in [2.75, 3.05) is 13.1 Å². The highest BCUT2D eigenvalue weighted by atomic mass is 16.2. The maximum Gasteiger partial charge on any atom is 0.326 e. The van der Waals surface area contributed by atoms with Gasteiger partial charge in [-0.2, -0.15) is 5.10 Å². The topological polar surface area (TPSA) is 75.9 Å². The van der Waals surface area contributed by atoms with E-state index in [1.54, 1.807) is 0 Å². The number of fused-ring (bicyclic) bond motifs is 1. The van der Waals surface area contributed by atoms with Crippen LogP contribution in [0.4, 0.5) is 0 Å². The third-order valence-electron chi connectivity index (χ3n) is 6.84. The summed E-state index contributed by atoms with van der Waals surface area (Å²) in [4.78, 5) is 30.4. The molecule has 0 unspecified atom stereocenters. The number of hydrogen-bond acceptors (Lipinski definition) is 3. The summed E-state index contributed by atoms with van der Waals surface area (Å²) >= 11 is 0. The molecule has 2 aromatic carbocycles. The molecule has 3 heterocycles. The fourth-order valence-corrected chi connectivity index (χ4v) is 5.06. The fourth-order valence-electron chi connectivity index (χ4n) is 5.06. The van der Waals surface area contributed by atoms with Crippen molar-refractivity contribution in [3.05, 3.63) is 82.0 Å². The molecule has 5 rings (SSSR count). The highest BCUT2D eigenvalue weighted by molar-refractivity contribution is 5.77. The van der Waals surface area contributed by atoms with Crippen molar-refractivity contribution in [1.82, 2.24) is 24.2 Å². The van der Waals surface area contributed by atoms with Gasteiger partial charge in [0.15, 0.2) is 0 Å². The largest absolute Gasteiger partial charge is 0.343 e. The number of H-pyrrole nitrogens is 1. The summed E-state index contributed by atoms with van der Waals surface area (Å²) in [5.74, 6) is 0.172. The molecule has 1 aliphatic rings. The molecule has 33 heavy (non-hydrogen) atoms. The maximum absolute atomic E-state index is 13.0. The van der Waals surface area contributed by atoms with Gasteiger partial charge in [-0.15, -0.1) is 0 Å². The van der Waals surface area contributed by atoms with Crippen molar-refractivity contribution in [1.29, 1.82) is 0 Å². The molecule has 0 radical (unpaired) electrons. The number of aryl methyl sites for hydroxylation is 1. The Morgan fingerprint density at radius 1 is 1.03 bits per heavy atom. The van der Waals surface area contributed by atoms with E-state index in [9.17, 15) is 9.59 Å².